The molecule has 2 aromatic rings. The van der Waals surface area contributed by atoms with Crippen molar-refractivity contribution in [1.29, 1.82) is 0 Å². The lowest BCUT2D eigenvalue weighted by Gasteiger charge is -2.11. The van der Waals surface area contributed by atoms with Crippen LogP contribution in [0.4, 0.5) is 0 Å². The summed E-state index contributed by atoms with van der Waals surface area (Å²) in [6.45, 7) is 2.51. The molecule has 0 aliphatic rings. The van der Waals surface area contributed by atoms with Gasteiger partial charge in [-0.1, -0.05) is 6.07 Å². The van der Waals surface area contributed by atoms with Crippen LogP contribution >= 0.6 is 0 Å². The minimum atomic E-state index is 0.00622. The molecule has 0 spiro atoms. The van der Waals surface area contributed by atoms with Crippen LogP contribution in [-0.2, 0) is 7.05 Å². The Morgan fingerprint density at radius 3 is 2.88 bits per heavy atom. The fourth-order valence-corrected chi connectivity index (χ4v) is 1.91. The molecule has 4 nitrogen and oxygen atoms in total. The lowest BCUT2D eigenvalue weighted by Crippen LogP contribution is -2.15. The van der Waals surface area contributed by atoms with Crippen molar-refractivity contribution in [3.8, 4) is 0 Å². The van der Waals surface area contributed by atoms with E-state index in [4.69, 9.17) is 5.73 Å². The molecule has 0 radical (unpaired) electrons. The maximum atomic E-state index is 9.21. The van der Waals surface area contributed by atoms with Crippen LogP contribution in [-0.4, -0.2) is 27.8 Å². The van der Waals surface area contributed by atoms with Crippen LogP contribution in [0, 0.1) is 6.92 Å². The zero-order chi connectivity index (χ0) is 11.7. The third-order valence-corrected chi connectivity index (χ3v) is 3.10. The molecule has 4 heteroatoms. The number of hydrogen-bond donors (Lipinski definition) is 2. The highest BCUT2D eigenvalue weighted by molar-refractivity contribution is 5.77. The minimum Gasteiger partial charge on any atom is -0.396 e. The molecule has 0 aliphatic carbocycles. The number of hydrogen-bond acceptors (Lipinski definition) is 3. The van der Waals surface area contributed by atoms with Gasteiger partial charge in [0.1, 0.15) is 5.82 Å². The van der Waals surface area contributed by atoms with Gasteiger partial charge in [-0.25, -0.2) is 4.98 Å². The number of rotatable bonds is 3. The molecule has 2 rings (SSSR count). The predicted molar refractivity (Wildman–Crippen MR) is 64.3 cm³/mol. The average molecular weight is 219 g/mol. The second kappa shape index (κ2) is 4.23. The molecule has 1 unspecified atom stereocenters. The van der Waals surface area contributed by atoms with E-state index in [-0.39, 0.29) is 12.5 Å². The van der Waals surface area contributed by atoms with E-state index >= 15 is 0 Å². The van der Waals surface area contributed by atoms with Gasteiger partial charge in [-0.15, -0.1) is 0 Å². The Morgan fingerprint density at radius 2 is 2.25 bits per heavy atom. The second-order valence-corrected chi connectivity index (χ2v) is 4.08. The van der Waals surface area contributed by atoms with Crippen LogP contribution in [0.1, 0.15) is 17.3 Å². The van der Waals surface area contributed by atoms with Crippen molar-refractivity contribution in [2.45, 2.75) is 12.8 Å². The van der Waals surface area contributed by atoms with E-state index in [0.717, 1.165) is 22.4 Å². The maximum Gasteiger partial charge on any atom is 0.106 e. The number of fused-ring (bicyclic) bond motifs is 1. The largest absolute Gasteiger partial charge is 0.396 e. The van der Waals surface area contributed by atoms with Crippen molar-refractivity contribution in [2.24, 2.45) is 12.8 Å². The zero-order valence-corrected chi connectivity index (χ0v) is 9.64. The fraction of sp³-hybridized carbons (Fsp3) is 0.417. The quantitative estimate of drug-likeness (QED) is 0.806. The third kappa shape index (κ3) is 1.70. The van der Waals surface area contributed by atoms with Gasteiger partial charge in [-0.05, 0) is 24.6 Å². The van der Waals surface area contributed by atoms with Crippen molar-refractivity contribution in [1.82, 2.24) is 9.55 Å². The molecule has 0 saturated heterocycles. The van der Waals surface area contributed by atoms with Crippen LogP contribution in [0.3, 0.4) is 0 Å². The van der Waals surface area contributed by atoms with Gasteiger partial charge in [0.15, 0.2) is 0 Å². The first kappa shape index (κ1) is 11.1. The Kier molecular flexibility index (Phi) is 2.94. The normalized spacial score (nSPS) is 13.2. The van der Waals surface area contributed by atoms with Crippen LogP contribution in [0.15, 0.2) is 18.2 Å². The van der Waals surface area contributed by atoms with Crippen molar-refractivity contribution in [2.75, 3.05) is 13.2 Å². The van der Waals surface area contributed by atoms with Crippen molar-refractivity contribution in [3.63, 3.8) is 0 Å². The molecule has 3 N–H and O–H groups in total. The van der Waals surface area contributed by atoms with E-state index in [2.05, 4.69) is 9.55 Å². The number of aliphatic hydroxyl groups excluding tert-OH is 1. The summed E-state index contributed by atoms with van der Waals surface area (Å²) in [5.41, 5.74) is 8.73. The summed E-state index contributed by atoms with van der Waals surface area (Å²) in [5.74, 6) is 0.993. The highest BCUT2D eigenvalue weighted by Crippen LogP contribution is 2.21. The lowest BCUT2D eigenvalue weighted by molar-refractivity contribution is 0.268. The van der Waals surface area contributed by atoms with E-state index in [1.807, 2.05) is 32.2 Å². The summed E-state index contributed by atoms with van der Waals surface area (Å²) in [7, 11) is 2.00. The molecule has 1 aromatic carbocycles. The van der Waals surface area contributed by atoms with Gasteiger partial charge in [-0.2, -0.15) is 0 Å². The molecular weight excluding hydrogens is 202 g/mol. The molecule has 0 bridgehead atoms. The summed E-state index contributed by atoms with van der Waals surface area (Å²) in [5, 5.41) is 9.21. The summed E-state index contributed by atoms with van der Waals surface area (Å²) in [6, 6.07) is 6.05. The molecule has 16 heavy (non-hydrogen) atoms. The van der Waals surface area contributed by atoms with Gasteiger partial charge in [0, 0.05) is 19.5 Å². The first-order chi connectivity index (χ1) is 7.67. The highest BCUT2D eigenvalue weighted by atomic mass is 16.3. The third-order valence-electron chi connectivity index (χ3n) is 3.10. The molecule has 1 aromatic heterocycles. The van der Waals surface area contributed by atoms with Crippen molar-refractivity contribution >= 4 is 11.0 Å². The topological polar surface area (TPSA) is 64.1 Å². The van der Waals surface area contributed by atoms with Crippen molar-refractivity contribution < 1.29 is 5.11 Å². The minimum absolute atomic E-state index is 0.00622. The Balaban J connectivity index is 2.52. The van der Waals surface area contributed by atoms with E-state index in [9.17, 15) is 5.11 Å². The molecule has 1 atom stereocenters. The van der Waals surface area contributed by atoms with Gasteiger partial charge in [0.2, 0.25) is 0 Å². The van der Waals surface area contributed by atoms with Gasteiger partial charge < -0.3 is 15.4 Å². The number of aryl methyl sites for hydroxylation is 2. The molecule has 1 heterocycles. The maximum absolute atomic E-state index is 9.21. The van der Waals surface area contributed by atoms with Gasteiger partial charge >= 0.3 is 0 Å². The van der Waals surface area contributed by atoms with Crippen LogP contribution < -0.4 is 5.73 Å². The molecule has 0 fully saturated rings. The zero-order valence-electron chi connectivity index (χ0n) is 9.64. The Morgan fingerprint density at radius 1 is 1.50 bits per heavy atom. The molecule has 0 aliphatic heterocycles. The van der Waals surface area contributed by atoms with Crippen LogP contribution in [0.5, 0.6) is 0 Å². The van der Waals surface area contributed by atoms with Crippen molar-refractivity contribution in [3.05, 3.63) is 29.6 Å². The summed E-state index contributed by atoms with van der Waals surface area (Å²) in [4.78, 5) is 4.46. The number of nitrogens with two attached hydrogens (primary N) is 1. The van der Waals surface area contributed by atoms with E-state index in [1.54, 1.807) is 0 Å². The molecule has 0 amide bonds. The van der Waals surface area contributed by atoms with Gasteiger partial charge in [0.05, 0.1) is 17.6 Å². The predicted octanol–water partition coefficient (Wildman–Crippen LogP) is 0.916. The number of aromatic nitrogens is 2. The first-order valence-electron chi connectivity index (χ1n) is 5.41. The number of imidazole rings is 1. The standard InChI is InChI=1S/C12H17N3O/c1-8-14-11-5-9(10(6-13)7-16)3-4-12(11)15(8)2/h3-5,10,16H,6-7,13H2,1-2H3. The SMILES string of the molecule is Cc1nc2cc(C(CN)CO)ccc2n1C. The number of nitrogens with zero attached hydrogens (tertiary/aromatic N) is 2. The van der Waals surface area contributed by atoms with E-state index < -0.39 is 0 Å². The monoisotopic (exact) mass is 219 g/mol. The average Bonchev–Trinajstić information content (AvgIpc) is 2.56. The summed E-state index contributed by atoms with van der Waals surface area (Å²) < 4.78 is 2.05. The Hall–Kier alpha value is -1.39. The molecular formula is C12H17N3O. The van der Waals surface area contributed by atoms with Gasteiger partial charge in [0.25, 0.3) is 0 Å². The van der Waals surface area contributed by atoms with Gasteiger partial charge in [-0.3, -0.25) is 0 Å². The fourth-order valence-electron chi connectivity index (χ4n) is 1.91. The number of benzene rings is 1. The Bertz CT molecular complexity index is 500. The van der Waals surface area contributed by atoms with E-state index in [1.165, 1.54) is 0 Å². The smallest absolute Gasteiger partial charge is 0.106 e. The van der Waals surface area contributed by atoms with Crippen LogP contribution in [0.2, 0.25) is 0 Å². The summed E-state index contributed by atoms with van der Waals surface area (Å²) >= 11 is 0. The Labute approximate surface area is 94.7 Å². The number of aliphatic hydroxyl groups is 1. The van der Waals surface area contributed by atoms with Crippen LogP contribution in [0.25, 0.3) is 11.0 Å². The summed E-state index contributed by atoms with van der Waals surface area (Å²) in [6.07, 6.45) is 0. The second-order valence-electron chi connectivity index (χ2n) is 4.08. The highest BCUT2D eigenvalue weighted by Gasteiger charge is 2.11. The molecule has 0 saturated carbocycles. The first-order valence-corrected chi connectivity index (χ1v) is 5.41. The molecule has 86 valence electrons. The lowest BCUT2D eigenvalue weighted by atomic mass is 10.00. The van der Waals surface area contributed by atoms with E-state index in [0.29, 0.717) is 6.54 Å².